The molecule has 0 aliphatic carbocycles. The van der Waals surface area contributed by atoms with E-state index in [9.17, 15) is 0 Å². The third-order valence-electron chi connectivity index (χ3n) is 3.97. The summed E-state index contributed by atoms with van der Waals surface area (Å²) in [5.74, 6) is 1.69. The first-order valence-corrected chi connectivity index (χ1v) is 9.18. The van der Waals surface area contributed by atoms with Crippen LogP contribution in [0.25, 0.3) is 11.4 Å². The van der Waals surface area contributed by atoms with Crippen LogP contribution in [0.15, 0.2) is 58.0 Å². The molecular formula is C20H22ClN5O. The molecule has 0 aliphatic heterocycles. The zero-order chi connectivity index (χ0) is 19.1. The van der Waals surface area contributed by atoms with Crippen LogP contribution < -0.4 is 10.6 Å². The molecule has 27 heavy (non-hydrogen) atoms. The summed E-state index contributed by atoms with van der Waals surface area (Å²) in [5, 5.41) is 11.1. The molecule has 7 heteroatoms. The zero-order valence-corrected chi connectivity index (χ0v) is 16.1. The maximum atomic E-state index is 6.01. The molecule has 3 rings (SSSR count). The lowest BCUT2D eigenvalue weighted by molar-refractivity contribution is 0.375. The van der Waals surface area contributed by atoms with Gasteiger partial charge >= 0.3 is 0 Å². The fourth-order valence-electron chi connectivity index (χ4n) is 2.52. The number of guanidine groups is 1. The SMILES string of the molecule is CCNC(=NCc1ccccc1C)NCc1nc(-c2cccc(Cl)c2)no1. The maximum Gasteiger partial charge on any atom is 0.246 e. The van der Waals surface area contributed by atoms with E-state index in [0.717, 1.165) is 12.1 Å². The first-order chi connectivity index (χ1) is 13.2. The lowest BCUT2D eigenvalue weighted by Gasteiger charge is -2.10. The number of hydrogen-bond donors (Lipinski definition) is 2. The Bertz CT molecular complexity index is 922. The van der Waals surface area contributed by atoms with Crippen LogP contribution in [0.1, 0.15) is 23.9 Å². The summed E-state index contributed by atoms with van der Waals surface area (Å²) < 4.78 is 5.32. The minimum absolute atomic E-state index is 0.382. The van der Waals surface area contributed by atoms with Gasteiger partial charge in [0.25, 0.3) is 0 Å². The predicted octanol–water partition coefficient (Wildman–Crippen LogP) is 3.95. The van der Waals surface area contributed by atoms with Crippen LogP contribution in [0.4, 0.5) is 0 Å². The van der Waals surface area contributed by atoms with Gasteiger partial charge in [-0.1, -0.05) is 53.2 Å². The minimum Gasteiger partial charge on any atom is -0.357 e. The van der Waals surface area contributed by atoms with E-state index < -0.39 is 0 Å². The van der Waals surface area contributed by atoms with Gasteiger partial charge in [-0.3, -0.25) is 0 Å². The first-order valence-electron chi connectivity index (χ1n) is 8.81. The van der Waals surface area contributed by atoms with Gasteiger partial charge in [-0.25, -0.2) is 4.99 Å². The van der Waals surface area contributed by atoms with Gasteiger partial charge in [0, 0.05) is 17.1 Å². The lowest BCUT2D eigenvalue weighted by Crippen LogP contribution is -2.36. The van der Waals surface area contributed by atoms with Crippen LogP contribution >= 0.6 is 11.6 Å². The molecule has 0 saturated heterocycles. The van der Waals surface area contributed by atoms with Crippen molar-refractivity contribution in [2.75, 3.05) is 6.54 Å². The Labute approximate surface area is 163 Å². The predicted molar refractivity (Wildman–Crippen MR) is 108 cm³/mol. The number of rotatable bonds is 6. The van der Waals surface area contributed by atoms with Gasteiger partial charge in [0.1, 0.15) is 0 Å². The lowest BCUT2D eigenvalue weighted by atomic mass is 10.1. The highest BCUT2D eigenvalue weighted by Crippen LogP contribution is 2.19. The van der Waals surface area contributed by atoms with Gasteiger partial charge < -0.3 is 15.2 Å². The van der Waals surface area contributed by atoms with Crippen molar-refractivity contribution in [1.82, 2.24) is 20.8 Å². The van der Waals surface area contributed by atoms with Crippen LogP contribution in [0.5, 0.6) is 0 Å². The highest BCUT2D eigenvalue weighted by molar-refractivity contribution is 6.30. The molecule has 2 N–H and O–H groups in total. The Morgan fingerprint density at radius 1 is 1.15 bits per heavy atom. The summed E-state index contributed by atoms with van der Waals surface area (Å²) in [6, 6.07) is 15.6. The second-order valence-electron chi connectivity index (χ2n) is 6.00. The second kappa shape index (κ2) is 9.19. The molecule has 3 aromatic rings. The van der Waals surface area contributed by atoms with E-state index in [1.54, 1.807) is 12.1 Å². The Balaban J connectivity index is 1.64. The normalized spacial score (nSPS) is 11.4. The molecule has 0 bridgehead atoms. The van der Waals surface area contributed by atoms with Gasteiger partial charge in [-0.15, -0.1) is 0 Å². The van der Waals surface area contributed by atoms with E-state index in [0.29, 0.717) is 35.8 Å². The van der Waals surface area contributed by atoms with Crippen molar-refractivity contribution in [2.45, 2.75) is 26.9 Å². The molecule has 6 nitrogen and oxygen atoms in total. The number of aliphatic imine (C=N–C) groups is 1. The van der Waals surface area contributed by atoms with E-state index in [2.05, 4.69) is 44.8 Å². The van der Waals surface area contributed by atoms with E-state index in [1.165, 1.54) is 11.1 Å². The van der Waals surface area contributed by atoms with E-state index in [-0.39, 0.29) is 0 Å². The summed E-state index contributed by atoms with van der Waals surface area (Å²) in [5.41, 5.74) is 3.23. The molecule has 0 amide bonds. The molecule has 0 fully saturated rings. The molecule has 0 radical (unpaired) electrons. The number of halogens is 1. The fourth-order valence-corrected chi connectivity index (χ4v) is 2.71. The van der Waals surface area contributed by atoms with E-state index in [4.69, 9.17) is 16.1 Å². The molecule has 0 aliphatic rings. The Morgan fingerprint density at radius 2 is 2.00 bits per heavy atom. The summed E-state index contributed by atoms with van der Waals surface area (Å²) in [7, 11) is 0. The number of aryl methyl sites for hydroxylation is 1. The van der Waals surface area contributed by atoms with Crippen LogP contribution in [-0.2, 0) is 13.1 Å². The quantitative estimate of drug-likeness (QED) is 0.498. The summed E-state index contributed by atoms with van der Waals surface area (Å²) in [6.45, 7) is 5.85. The third-order valence-corrected chi connectivity index (χ3v) is 4.21. The Morgan fingerprint density at radius 3 is 2.78 bits per heavy atom. The average molecular weight is 384 g/mol. The number of nitrogens with zero attached hydrogens (tertiary/aromatic N) is 3. The van der Waals surface area contributed by atoms with Gasteiger partial charge in [0.05, 0.1) is 13.1 Å². The molecule has 140 valence electrons. The van der Waals surface area contributed by atoms with Gasteiger partial charge in [0.15, 0.2) is 5.96 Å². The summed E-state index contributed by atoms with van der Waals surface area (Å²) >= 11 is 6.01. The monoisotopic (exact) mass is 383 g/mol. The van der Waals surface area contributed by atoms with Crippen molar-refractivity contribution in [3.63, 3.8) is 0 Å². The standard InChI is InChI=1S/C20H22ClN5O/c1-3-22-20(23-12-16-8-5-4-7-14(16)2)24-13-18-25-19(26-27-18)15-9-6-10-17(21)11-15/h4-11H,3,12-13H2,1-2H3,(H2,22,23,24). The van der Waals surface area contributed by atoms with E-state index >= 15 is 0 Å². The van der Waals surface area contributed by atoms with Crippen molar-refractivity contribution in [2.24, 2.45) is 4.99 Å². The topological polar surface area (TPSA) is 75.3 Å². The van der Waals surface area contributed by atoms with Crippen molar-refractivity contribution in [1.29, 1.82) is 0 Å². The minimum atomic E-state index is 0.382. The van der Waals surface area contributed by atoms with Crippen LogP contribution in [0, 0.1) is 6.92 Å². The highest BCUT2D eigenvalue weighted by Gasteiger charge is 2.09. The number of aromatic nitrogens is 2. The Kier molecular flexibility index (Phi) is 6.44. The molecule has 1 heterocycles. The molecule has 0 unspecified atom stereocenters. The number of hydrogen-bond acceptors (Lipinski definition) is 4. The van der Waals surface area contributed by atoms with Crippen LogP contribution in [0.3, 0.4) is 0 Å². The highest BCUT2D eigenvalue weighted by atomic mass is 35.5. The van der Waals surface area contributed by atoms with Crippen molar-refractivity contribution in [3.8, 4) is 11.4 Å². The van der Waals surface area contributed by atoms with Crippen molar-refractivity contribution >= 4 is 17.6 Å². The third kappa shape index (κ3) is 5.31. The largest absolute Gasteiger partial charge is 0.357 e. The van der Waals surface area contributed by atoms with Crippen molar-refractivity contribution < 1.29 is 4.52 Å². The van der Waals surface area contributed by atoms with Gasteiger partial charge in [-0.05, 0) is 37.1 Å². The van der Waals surface area contributed by atoms with Crippen LogP contribution in [0.2, 0.25) is 5.02 Å². The zero-order valence-electron chi connectivity index (χ0n) is 15.4. The molecule has 2 aromatic carbocycles. The molecule has 0 saturated carbocycles. The summed E-state index contributed by atoms with van der Waals surface area (Å²) in [4.78, 5) is 9.03. The van der Waals surface area contributed by atoms with Gasteiger partial charge in [-0.2, -0.15) is 4.98 Å². The number of benzene rings is 2. The fraction of sp³-hybridized carbons (Fsp3) is 0.250. The second-order valence-corrected chi connectivity index (χ2v) is 6.43. The molecule has 0 atom stereocenters. The Hall–Kier alpha value is -2.86. The maximum absolute atomic E-state index is 6.01. The summed E-state index contributed by atoms with van der Waals surface area (Å²) in [6.07, 6.45) is 0. The van der Waals surface area contributed by atoms with Crippen LogP contribution in [-0.4, -0.2) is 22.6 Å². The number of nitrogens with one attached hydrogen (secondary N) is 2. The average Bonchev–Trinajstić information content (AvgIpc) is 3.14. The first kappa shape index (κ1) is 18.9. The molecule has 1 aromatic heterocycles. The van der Waals surface area contributed by atoms with Gasteiger partial charge in [0.2, 0.25) is 11.7 Å². The van der Waals surface area contributed by atoms with Crippen molar-refractivity contribution in [3.05, 3.63) is 70.6 Å². The van der Waals surface area contributed by atoms with E-state index in [1.807, 2.05) is 31.2 Å². The molecule has 0 spiro atoms. The smallest absolute Gasteiger partial charge is 0.246 e. The molecular weight excluding hydrogens is 362 g/mol.